The molecule has 0 N–H and O–H groups in total. The van der Waals surface area contributed by atoms with Crippen molar-refractivity contribution in [3.05, 3.63) is 58.9 Å². The summed E-state index contributed by atoms with van der Waals surface area (Å²) in [6, 6.07) is 9.92. The van der Waals surface area contributed by atoms with Gasteiger partial charge in [-0.1, -0.05) is 16.8 Å². The zero-order valence-electron chi connectivity index (χ0n) is 11.7. The number of thioether (sulfide) groups is 1. The first-order valence-electron chi connectivity index (χ1n) is 6.64. The second-order valence-electron chi connectivity index (χ2n) is 4.76. The summed E-state index contributed by atoms with van der Waals surface area (Å²) in [5.74, 6) is 0.321. The van der Waals surface area contributed by atoms with Crippen LogP contribution in [0.25, 0.3) is 0 Å². The lowest BCUT2D eigenvalue weighted by Gasteiger charge is -2.16. The molecule has 8 heteroatoms. The maximum atomic E-state index is 13.4. The number of fused-ring (bicyclic) bond motifs is 1. The van der Waals surface area contributed by atoms with Gasteiger partial charge >= 0.3 is 10.1 Å². The van der Waals surface area contributed by atoms with Crippen molar-refractivity contribution in [2.45, 2.75) is 16.2 Å². The van der Waals surface area contributed by atoms with E-state index in [1.807, 2.05) is 0 Å². The predicted molar refractivity (Wildman–Crippen MR) is 88.0 cm³/mol. The highest BCUT2D eigenvalue weighted by Crippen LogP contribution is 2.31. The highest BCUT2D eigenvalue weighted by atomic mass is 35.5. The van der Waals surface area contributed by atoms with Crippen LogP contribution in [0.4, 0.5) is 4.39 Å². The second-order valence-corrected chi connectivity index (χ2v) is 7.86. The van der Waals surface area contributed by atoms with Gasteiger partial charge in [0.2, 0.25) is 0 Å². The van der Waals surface area contributed by atoms with Gasteiger partial charge in [-0.3, -0.25) is 4.28 Å². The molecule has 0 unspecified atom stereocenters. The Bertz CT molecular complexity index is 867. The van der Waals surface area contributed by atoms with Gasteiger partial charge in [-0.15, -0.1) is 11.8 Å². The van der Waals surface area contributed by atoms with E-state index in [1.165, 1.54) is 36.4 Å². The molecule has 2 aromatic rings. The van der Waals surface area contributed by atoms with Crippen molar-refractivity contribution < 1.29 is 17.1 Å². The van der Waals surface area contributed by atoms with Gasteiger partial charge in [0.05, 0.1) is 5.71 Å². The maximum Gasteiger partial charge on any atom is 0.358 e. The summed E-state index contributed by atoms with van der Waals surface area (Å²) < 4.78 is 42.4. The predicted octanol–water partition coefficient (Wildman–Crippen LogP) is 4.08. The minimum absolute atomic E-state index is 0.0455. The topological polar surface area (TPSA) is 55.7 Å². The third-order valence-corrected chi connectivity index (χ3v) is 5.64. The van der Waals surface area contributed by atoms with Crippen LogP contribution < -0.4 is 0 Å². The van der Waals surface area contributed by atoms with Crippen LogP contribution >= 0.6 is 23.4 Å². The lowest BCUT2D eigenvalue weighted by atomic mass is 10.1. The first-order chi connectivity index (χ1) is 11.0. The molecule has 120 valence electrons. The normalized spacial score (nSPS) is 16.2. The Morgan fingerprint density at radius 3 is 2.65 bits per heavy atom. The Balaban J connectivity index is 1.89. The van der Waals surface area contributed by atoms with Crippen molar-refractivity contribution >= 4 is 39.2 Å². The van der Waals surface area contributed by atoms with Gasteiger partial charge in [0.25, 0.3) is 0 Å². The van der Waals surface area contributed by atoms with Gasteiger partial charge < -0.3 is 0 Å². The Hall–Kier alpha value is -1.57. The molecular formula is C15H11ClFNO3S2. The summed E-state index contributed by atoms with van der Waals surface area (Å²) >= 11 is 7.30. The number of benzene rings is 2. The minimum Gasteiger partial charge on any atom is -0.264 e. The van der Waals surface area contributed by atoms with Crippen molar-refractivity contribution in [1.29, 1.82) is 0 Å². The molecule has 1 heterocycles. The van der Waals surface area contributed by atoms with Gasteiger partial charge in [0.15, 0.2) is 0 Å². The van der Waals surface area contributed by atoms with Gasteiger partial charge in [0.1, 0.15) is 10.7 Å². The van der Waals surface area contributed by atoms with Gasteiger partial charge in [-0.2, -0.15) is 8.42 Å². The quantitative estimate of drug-likeness (QED) is 0.763. The maximum absolute atomic E-state index is 13.4. The Labute approximate surface area is 142 Å². The molecule has 0 bridgehead atoms. The van der Waals surface area contributed by atoms with Crippen molar-refractivity contribution in [3.63, 3.8) is 0 Å². The lowest BCUT2D eigenvalue weighted by molar-refractivity contribution is 0.338. The molecule has 0 saturated carbocycles. The third-order valence-electron chi connectivity index (χ3n) is 3.20. The fourth-order valence-electron chi connectivity index (χ4n) is 2.08. The zero-order valence-corrected chi connectivity index (χ0v) is 14.1. The van der Waals surface area contributed by atoms with E-state index >= 15 is 0 Å². The van der Waals surface area contributed by atoms with Crippen molar-refractivity contribution in [1.82, 2.24) is 0 Å². The zero-order chi connectivity index (χ0) is 16.4. The van der Waals surface area contributed by atoms with Crippen LogP contribution in [0.1, 0.15) is 12.0 Å². The van der Waals surface area contributed by atoms with Gasteiger partial charge in [-0.25, -0.2) is 4.39 Å². The van der Waals surface area contributed by atoms with Gasteiger partial charge in [-0.05, 0) is 42.5 Å². The molecule has 0 fully saturated rings. The lowest BCUT2D eigenvalue weighted by Crippen LogP contribution is -2.12. The number of hydrogen-bond acceptors (Lipinski definition) is 5. The van der Waals surface area contributed by atoms with Crippen LogP contribution in [0.15, 0.2) is 57.4 Å². The summed E-state index contributed by atoms with van der Waals surface area (Å²) in [6.07, 6.45) is 0.497. The molecule has 0 aromatic heterocycles. The van der Waals surface area contributed by atoms with Crippen molar-refractivity contribution in [3.8, 4) is 0 Å². The molecule has 4 nitrogen and oxygen atoms in total. The summed E-state index contributed by atoms with van der Waals surface area (Å²) in [6.45, 7) is 0. The standard InChI is InChI=1S/C15H11ClFNO3S2/c16-10-1-4-12(5-2-10)23(19,20)21-18-14-7-8-22-15-6-3-11(17)9-13(14)15/h1-6,9H,7-8H2/b18-14+. The molecule has 0 saturated heterocycles. The Morgan fingerprint density at radius 1 is 1.17 bits per heavy atom. The summed E-state index contributed by atoms with van der Waals surface area (Å²) in [7, 11) is -4.04. The number of halogens is 2. The van der Waals surface area contributed by atoms with Crippen LogP contribution in [0.2, 0.25) is 5.02 Å². The molecule has 0 atom stereocenters. The first-order valence-corrected chi connectivity index (χ1v) is 9.42. The van der Waals surface area contributed by atoms with Crippen LogP contribution in [0, 0.1) is 5.82 Å². The minimum atomic E-state index is -4.04. The first kappa shape index (κ1) is 16.3. The van der Waals surface area contributed by atoms with Crippen LogP contribution in [-0.2, 0) is 14.4 Å². The molecule has 0 radical (unpaired) electrons. The number of rotatable bonds is 3. The van der Waals surface area contributed by atoms with Crippen LogP contribution in [-0.4, -0.2) is 19.9 Å². The molecule has 0 spiro atoms. The smallest absolute Gasteiger partial charge is 0.264 e. The number of hydrogen-bond donors (Lipinski definition) is 0. The molecule has 3 rings (SSSR count). The molecule has 1 aliphatic heterocycles. The van der Waals surface area contributed by atoms with Crippen LogP contribution in [0.5, 0.6) is 0 Å². The Morgan fingerprint density at radius 2 is 1.91 bits per heavy atom. The summed E-state index contributed by atoms with van der Waals surface area (Å²) in [5.41, 5.74) is 0.975. The van der Waals surface area contributed by atoms with E-state index in [4.69, 9.17) is 15.9 Å². The van der Waals surface area contributed by atoms with E-state index in [1.54, 1.807) is 17.8 Å². The third kappa shape index (κ3) is 3.68. The molecule has 2 aromatic carbocycles. The largest absolute Gasteiger partial charge is 0.358 e. The average Bonchev–Trinajstić information content (AvgIpc) is 2.53. The van der Waals surface area contributed by atoms with Crippen LogP contribution in [0.3, 0.4) is 0 Å². The summed E-state index contributed by atoms with van der Waals surface area (Å²) in [4.78, 5) is 0.805. The highest BCUT2D eigenvalue weighted by molar-refractivity contribution is 7.99. The highest BCUT2D eigenvalue weighted by Gasteiger charge is 2.20. The molecule has 23 heavy (non-hydrogen) atoms. The summed E-state index contributed by atoms with van der Waals surface area (Å²) in [5, 5.41) is 4.17. The molecule has 0 aliphatic carbocycles. The number of oxime groups is 1. The van der Waals surface area contributed by atoms with E-state index in [9.17, 15) is 12.8 Å². The van der Waals surface area contributed by atoms with E-state index in [2.05, 4.69) is 5.16 Å². The fourth-order valence-corrected chi connectivity index (χ4v) is 3.96. The SMILES string of the molecule is O=S(=O)(O/N=C1\CCSc2ccc(F)cc21)c1ccc(Cl)cc1. The average molecular weight is 372 g/mol. The second kappa shape index (κ2) is 6.51. The molecular weight excluding hydrogens is 361 g/mol. The van der Waals surface area contributed by atoms with E-state index in [0.717, 1.165) is 10.6 Å². The van der Waals surface area contributed by atoms with E-state index in [0.29, 0.717) is 22.7 Å². The van der Waals surface area contributed by atoms with Gasteiger partial charge in [0, 0.05) is 27.7 Å². The van der Waals surface area contributed by atoms with Crippen molar-refractivity contribution in [2.24, 2.45) is 5.16 Å². The molecule has 0 amide bonds. The van der Waals surface area contributed by atoms with Crippen molar-refractivity contribution in [2.75, 3.05) is 5.75 Å². The Kier molecular flexibility index (Phi) is 4.61. The number of nitrogens with zero attached hydrogens (tertiary/aromatic N) is 1. The monoisotopic (exact) mass is 371 g/mol. The van der Waals surface area contributed by atoms with E-state index < -0.39 is 15.9 Å². The van der Waals surface area contributed by atoms with E-state index in [-0.39, 0.29) is 4.90 Å². The fraction of sp³-hybridized carbons (Fsp3) is 0.133. The molecule has 1 aliphatic rings.